The summed E-state index contributed by atoms with van der Waals surface area (Å²) in [5.74, 6) is -1.00. The van der Waals surface area contributed by atoms with Crippen LogP contribution >= 0.6 is 0 Å². The molecule has 1 aliphatic rings. The summed E-state index contributed by atoms with van der Waals surface area (Å²) in [4.78, 5) is 12.3. The Labute approximate surface area is 130 Å². The van der Waals surface area contributed by atoms with Crippen LogP contribution < -0.4 is 10.1 Å². The van der Waals surface area contributed by atoms with Crippen LogP contribution in [0.4, 0.5) is 4.39 Å². The fraction of sp³-hybridized carbons (Fsp3) is 0.588. The fourth-order valence-electron chi connectivity index (χ4n) is 3.26. The first-order valence-corrected chi connectivity index (χ1v) is 7.83. The van der Waals surface area contributed by atoms with Gasteiger partial charge in [0, 0.05) is 13.2 Å². The van der Waals surface area contributed by atoms with Crippen molar-refractivity contribution in [2.75, 3.05) is 20.3 Å². The number of halogens is 1. The second-order valence-electron chi connectivity index (χ2n) is 6.04. The van der Waals surface area contributed by atoms with Crippen LogP contribution in [-0.4, -0.2) is 31.3 Å². The maximum absolute atomic E-state index is 14.1. The molecule has 0 spiro atoms. The molecule has 0 heterocycles. The zero-order valence-corrected chi connectivity index (χ0v) is 13.0. The Morgan fingerprint density at radius 2 is 2.09 bits per heavy atom. The number of rotatable bonds is 6. The van der Waals surface area contributed by atoms with Crippen LogP contribution in [0.25, 0.3) is 0 Å². The maximum atomic E-state index is 14.1. The minimum absolute atomic E-state index is 0.00527. The van der Waals surface area contributed by atoms with Crippen molar-refractivity contribution in [1.29, 1.82) is 0 Å². The van der Waals surface area contributed by atoms with Crippen LogP contribution in [0.3, 0.4) is 0 Å². The van der Waals surface area contributed by atoms with Crippen molar-refractivity contribution in [3.63, 3.8) is 0 Å². The van der Waals surface area contributed by atoms with Gasteiger partial charge in [0.05, 0.1) is 12.7 Å². The number of methoxy groups -OCH3 is 1. The summed E-state index contributed by atoms with van der Waals surface area (Å²) in [6.45, 7) is 0.590. The third kappa shape index (κ3) is 3.77. The second kappa shape index (κ2) is 7.58. The molecular formula is C17H24FNO3. The Bertz CT molecular complexity index is 507. The molecule has 1 amide bonds. The molecule has 1 aromatic rings. The van der Waals surface area contributed by atoms with E-state index in [0.29, 0.717) is 13.0 Å². The van der Waals surface area contributed by atoms with Crippen LogP contribution in [0.15, 0.2) is 18.2 Å². The van der Waals surface area contributed by atoms with Crippen LogP contribution in [0.1, 0.15) is 48.9 Å². The highest BCUT2D eigenvalue weighted by molar-refractivity contribution is 5.94. The Morgan fingerprint density at radius 3 is 2.73 bits per heavy atom. The summed E-state index contributed by atoms with van der Waals surface area (Å²) in [6.07, 6.45) is 6.09. The Morgan fingerprint density at radius 1 is 1.36 bits per heavy atom. The van der Waals surface area contributed by atoms with Gasteiger partial charge in [-0.1, -0.05) is 25.3 Å². The van der Waals surface area contributed by atoms with E-state index in [9.17, 15) is 14.3 Å². The Hall–Kier alpha value is -1.62. The monoisotopic (exact) mass is 309 g/mol. The van der Waals surface area contributed by atoms with Crippen LogP contribution in [0.2, 0.25) is 0 Å². The van der Waals surface area contributed by atoms with Gasteiger partial charge in [-0.05, 0) is 36.8 Å². The standard InChI is InChI=1S/C17H24FNO3/c1-22-14-7-5-6-13(15(14)18)16(21)19-12-17(10-11-20)8-3-2-4-9-17/h5-7,20H,2-4,8-12H2,1H3,(H,19,21). The summed E-state index contributed by atoms with van der Waals surface area (Å²) < 4.78 is 19.0. The summed E-state index contributed by atoms with van der Waals surface area (Å²) in [5.41, 5.74) is -0.0628. The number of nitrogens with one attached hydrogen (secondary N) is 1. The molecule has 0 saturated heterocycles. The molecule has 1 fully saturated rings. The van der Waals surface area contributed by atoms with Gasteiger partial charge in [-0.2, -0.15) is 0 Å². The lowest BCUT2D eigenvalue weighted by molar-refractivity contribution is 0.0864. The molecule has 0 radical (unpaired) electrons. The maximum Gasteiger partial charge on any atom is 0.254 e. The normalized spacial score (nSPS) is 17.0. The highest BCUT2D eigenvalue weighted by atomic mass is 19.1. The van der Waals surface area contributed by atoms with Crippen molar-refractivity contribution in [3.8, 4) is 5.75 Å². The first-order chi connectivity index (χ1) is 10.6. The highest BCUT2D eigenvalue weighted by Gasteiger charge is 2.32. The molecule has 0 unspecified atom stereocenters. The second-order valence-corrected chi connectivity index (χ2v) is 6.04. The molecule has 0 aromatic heterocycles. The van der Waals surface area contributed by atoms with Crippen LogP contribution in [0, 0.1) is 11.2 Å². The Kier molecular flexibility index (Phi) is 5.77. The van der Waals surface area contributed by atoms with Crippen molar-refractivity contribution < 1.29 is 19.0 Å². The molecule has 2 rings (SSSR count). The van der Waals surface area contributed by atoms with Crippen molar-refractivity contribution in [2.45, 2.75) is 38.5 Å². The average molecular weight is 309 g/mol. The predicted octanol–water partition coefficient (Wildman–Crippen LogP) is 2.90. The lowest BCUT2D eigenvalue weighted by atomic mass is 9.72. The van der Waals surface area contributed by atoms with E-state index in [1.807, 2.05) is 0 Å². The van der Waals surface area contributed by atoms with Crippen molar-refractivity contribution in [2.24, 2.45) is 5.41 Å². The molecule has 5 heteroatoms. The number of ether oxygens (including phenoxy) is 1. The largest absolute Gasteiger partial charge is 0.494 e. The summed E-state index contributed by atoms with van der Waals surface area (Å²) in [6, 6.07) is 4.54. The molecule has 0 bridgehead atoms. The highest BCUT2D eigenvalue weighted by Crippen LogP contribution is 2.38. The van der Waals surface area contributed by atoms with Crippen LogP contribution in [-0.2, 0) is 0 Å². The molecule has 1 saturated carbocycles. The van der Waals surface area contributed by atoms with E-state index in [1.165, 1.54) is 25.7 Å². The van der Waals surface area contributed by atoms with Gasteiger partial charge in [0.1, 0.15) is 0 Å². The predicted molar refractivity (Wildman–Crippen MR) is 82.5 cm³/mol. The minimum atomic E-state index is -0.637. The lowest BCUT2D eigenvalue weighted by Gasteiger charge is -2.37. The fourth-order valence-corrected chi connectivity index (χ4v) is 3.26. The number of amides is 1. The minimum Gasteiger partial charge on any atom is -0.494 e. The molecule has 2 N–H and O–H groups in total. The molecule has 22 heavy (non-hydrogen) atoms. The van der Waals surface area contributed by atoms with Gasteiger partial charge in [0.15, 0.2) is 11.6 Å². The number of carbonyl (C=O) groups excluding carboxylic acids is 1. The first-order valence-electron chi connectivity index (χ1n) is 7.83. The molecule has 1 aromatic carbocycles. The van der Waals surface area contributed by atoms with E-state index in [0.717, 1.165) is 25.7 Å². The van der Waals surface area contributed by atoms with Gasteiger partial charge in [0.25, 0.3) is 5.91 Å². The van der Waals surface area contributed by atoms with E-state index < -0.39 is 11.7 Å². The zero-order chi connectivity index (χ0) is 16.0. The van der Waals surface area contributed by atoms with E-state index in [2.05, 4.69) is 5.32 Å². The lowest BCUT2D eigenvalue weighted by Crippen LogP contribution is -2.39. The van der Waals surface area contributed by atoms with Crippen molar-refractivity contribution >= 4 is 5.91 Å². The average Bonchev–Trinajstić information content (AvgIpc) is 2.54. The molecule has 0 aliphatic heterocycles. The third-order valence-corrected chi connectivity index (χ3v) is 4.61. The van der Waals surface area contributed by atoms with Gasteiger partial charge in [-0.25, -0.2) is 4.39 Å². The molecule has 4 nitrogen and oxygen atoms in total. The van der Waals surface area contributed by atoms with Gasteiger partial charge in [0.2, 0.25) is 0 Å². The van der Waals surface area contributed by atoms with Gasteiger partial charge >= 0.3 is 0 Å². The third-order valence-electron chi connectivity index (χ3n) is 4.61. The van der Waals surface area contributed by atoms with E-state index >= 15 is 0 Å². The molecule has 1 aliphatic carbocycles. The van der Waals surface area contributed by atoms with Gasteiger partial charge in [-0.15, -0.1) is 0 Å². The van der Waals surface area contributed by atoms with E-state index in [4.69, 9.17) is 4.74 Å². The molecular weight excluding hydrogens is 285 g/mol. The van der Waals surface area contributed by atoms with E-state index in [1.54, 1.807) is 6.07 Å². The Balaban J connectivity index is 2.05. The number of hydrogen-bond acceptors (Lipinski definition) is 3. The van der Waals surface area contributed by atoms with Crippen molar-refractivity contribution in [1.82, 2.24) is 5.32 Å². The molecule has 0 atom stereocenters. The number of benzene rings is 1. The smallest absolute Gasteiger partial charge is 0.254 e. The number of aliphatic hydroxyl groups is 1. The SMILES string of the molecule is COc1cccc(C(=O)NCC2(CCO)CCCCC2)c1F. The van der Waals surface area contributed by atoms with E-state index in [-0.39, 0.29) is 23.3 Å². The number of carbonyl (C=O) groups is 1. The summed E-state index contributed by atoms with van der Waals surface area (Å²) in [7, 11) is 1.37. The van der Waals surface area contributed by atoms with Gasteiger partial charge in [-0.3, -0.25) is 4.79 Å². The topological polar surface area (TPSA) is 58.6 Å². The zero-order valence-electron chi connectivity index (χ0n) is 13.0. The quantitative estimate of drug-likeness (QED) is 0.849. The number of hydrogen-bond donors (Lipinski definition) is 2. The van der Waals surface area contributed by atoms with Gasteiger partial charge < -0.3 is 15.2 Å². The molecule has 122 valence electrons. The summed E-state index contributed by atoms with van der Waals surface area (Å²) >= 11 is 0. The number of aliphatic hydroxyl groups excluding tert-OH is 1. The first kappa shape index (κ1) is 16.7. The van der Waals surface area contributed by atoms with Crippen LogP contribution in [0.5, 0.6) is 5.75 Å². The van der Waals surface area contributed by atoms with Crippen molar-refractivity contribution in [3.05, 3.63) is 29.6 Å². The summed E-state index contributed by atoms with van der Waals surface area (Å²) in [5, 5.41) is 12.1.